The molecule has 0 amide bonds. The molecule has 6 heteroatoms. The molecule has 0 fully saturated rings. The van der Waals surface area contributed by atoms with E-state index in [0.717, 1.165) is 29.4 Å². The molecule has 0 unspecified atom stereocenters. The third-order valence-electron chi connectivity index (χ3n) is 2.56. The van der Waals surface area contributed by atoms with E-state index in [-0.39, 0.29) is 0 Å². The Morgan fingerprint density at radius 2 is 2.06 bits per heavy atom. The van der Waals surface area contributed by atoms with Crippen LogP contribution in [0.1, 0.15) is 24.7 Å². The van der Waals surface area contributed by atoms with Crippen LogP contribution in [0.2, 0.25) is 5.02 Å². The first kappa shape index (κ1) is 13.0. The highest BCUT2D eigenvalue weighted by molar-refractivity contribution is 6.30. The summed E-state index contributed by atoms with van der Waals surface area (Å²) in [6.45, 7) is 4.44. The molecule has 0 saturated carbocycles. The van der Waals surface area contributed by atoms with E-state index in [2.05, 4.69) is 27.8 Å². The molecule has 96 valence electrons. The highest BCUT2D eigenvalue weighted by atomic mass is 35.5. The van der Waals surface area contributed by atoms with E-state index < -0.39 is 0 Å². The van der Waals surface area contributed by atoms with Gasteiger partial charge in [0.1, 0.15) is 0 Å². The Morgan fingerprint density at radius 1 is 1.28 bits per heavy atom. The second kappa shape index (κ2) is 6.47. The average Bonchev–Trinajstić information content (AvgIpc) is 2.80. The van der Waals surface area contributed by atoms with Gasteiger partial charge >= 0.3 is 0 Å². The summed E-state index contributed by atoms with van der Waals surface area (Å²) in [5.41, 5.74) is 1.13. The molecular formula is C12H16ClN5. The summed E-state index contributed by atoms with van der Waals surface area (Å²) in [6, 6.07) is 7.70. The van der Waals surface area contributed by atoms with E-state index in [4.69, 9.17) is 11.6 Å². The van der Waals surface area contributed by atoms with Gasteiger partial charge in [-0.05, 0) is 41.1 Å². The number of tetrazole rings is 1. The topological polar surface area (TPSA) is 55.6 Å². The molecule has 1 heterocycles. The van der Waals surface area contributed by atoms with E-state index in [1.165, 1.54) is 0 Å². The minimum atomic E-state index is 0.660. The predicted octanol–water partition coefficient (Wildman–Crippen LogP) is 1.87. The fraction of sp³-hybridized carbons (Fsp3) is 0.417. The van der Waals surface area contributed by atoms with Gasteiger partial charge in [-0.25, -0.2) is 4.68 Å². The van der Waals surface area contributed by atoms with Crippen LogP contribution in [-0.2, 0) is 13.1 Å². The third-order valence-corrected chi connectivity index (χ3v) is 2.81. The minimum Gasteiger partial charge on any atom is -0.310 e. The molecule has 1 aromatic heterocycles. The average molecular weight is 266 g/mol. The van der Waals surface area contributed by atoms with Crippen molar-refractivity contribution in [2.45, 2.75) is 26.4 Å². The van der Waals surface area contributed by atoms with Gasteiger partial charge in [0.05, 0.1) is 13.1 Å². The van der Waals surface area contributed by atoms with Crippen LogP contribution in [0.15, 0.2) is 24.3 Å². The Morgan fingerprint density at radius 3 is 2.78 bits per heavy atom. The van der Waals surface area contributed by atoms with Gasteiger partial charge < -0.3 is 5.32 Å². The van der Waals surface area contributed by atoms with Crippen LogP contribution in [0, 0.1) is 0 Å². The van der Waals surface area contributed by atoms with E-state index in [1.807, 2.05) is 24.3 Å². The molecule has 0 saturated heterocycles. The van der Waals surface area contributed by atoms with Gasteiger partial charge in [-0.15, -0.1) is 5.10 Å². The predicted molar refractivity (Wildman–Crippen MR) is 70.4 cm³/mol. The molecule has 1 N–H and O–H groups in total. The second-order valence-electron chi connectivity index (χ2n) is 4.06. The van der Waals surface area contributed by atoms with Crippen molar-refractivity contribution >= 4 is 11.6 Å². The van der Waals surface area contributed by atoms with Crippen molar-refractivity contribution in [2.24, 2.45) is 0 Å². The van der Waals surface area contributed by atoms with Crippen molar-refractivity contribution in [3.05, 3.63) is 40.7 Å². The number of benzene rings is 1. The quantitative estimate of drug-likeness (QED) is 0.811. The van der Waals surface area contributed by atoms with Crippen LogP contribution in [0.4, 0.5) is 0 Å². The maximum absolute atomic E-state index is 5.85. The molecule has 18 heavy (non-hydrogen) atoms. The maximum atomic E-state index is 5.85. The Balaban J connectivity index is 2.00. The second-order valence-corrected chi connectivity index (χ2v) is 4.49. The first-order valence-corrected chi connectivity index (χ1v) is 6.37. The molecule has 2 aromatic rings. The number of halogens is 1. The van der Waals surface area contributed by atoms with Crippen LogP contribution in [0.3, 0.4) is 0 Å². The summed E-state index contributed by atoms with van der Waals surface area (Å²) < 4.78 is 1.80. The Hall–Kier alpha value is -1.46. The van der Waals surface area contributed by atoms with Gasteiger partial charge in [0.15, 0.2) is 5.82 Å². The van der Waals surface area contributed by atoms with Gasteiger partial charge in [0.25, 0.3) is 0 Å². The maximum Gasteiger partial charge on any atom is 0.165 e. The lowest BCUT2D eigenvalue weighted by Crippen LogP contribution is -2.18. The van der Waals surface area contributed by atoms with Crippen LogP contribution in [-0.4, -0.2) is 26.8 Å². The van der Waals surface area contributed by atoms with E-state index in [0.29, 0.717) is 13.1 Å². The summed E-state index contributed by atoms with van der Waals surface area (Å²) in [5, 5.41) is 15.7. The normalized spacial score (nSPS) is 10.8. The number of aromatic nitrogens is 4. The van der Waals surface area contributed by atoms with Crippen LogP contribution in [0.25, 0.3) is 0 Å². The largest absolute Gasteiger partial charge is 0.310 e. The molecule has 2 rings (SSSR count). The molecule has 0 aliphatic heterocycles. The Labute approximate surface area is 111 Å². The van der Waals surface area contributed by atoms with Crippen LogP contribution < -0.4 is 5.32 Å². The zero-order chi connectivity index (χ0) is 12.8. The first-order chi connectivity index (χ1) is 8.79. The number of nitrogens with one attached hydrogen (secondary N) is 1. The zero-order valence-corrected chi connectivity index (χ0v) is 11.1. The monoisotopic (exact) mass is 265 g/mol. The molecule has 0 aliphatic rings. The molecule has 0 aliphatic carbocycles. The molecule has 5 nitrogen and oxygen atoms in total. The summed E-state index contributed by atoms with van der Waals surface area (Å²) in [6.07, 6.45) is 1.10. The van der Waals surface area contributed by atoms with Gasteiger partial charge in [0, 0.05) is 5.02 Å². The molecule has 0 atom stereocenters. The molecule has 0 spiro atoms. The minimum absolute atomic E-state index is 0.660. The summed E-state index contributed by atoms with van der Waals surface area (Å²) in [5.74, 6) is 0.846. The summed E-state index contributed by atoms with van der Waals surface area (Å²) >= 11 is 5.85. The fourth-order valence-corrected chi connectivity index (χ4v) is 1.74. The lowest BCUT2D eigenvalue weighted by atomic mass is 10.2. The number of hydrogen-bond donors (Lipinski definition) is 1. The highest BCUT2D eigenvalue weighted by Gasteiger charge is 2.05. The van der Waals surface area contributed by atoms with Crippen molar-refractivity contribution < 1.29 is 0 Å². The number of hydrogen-bond acceptors (Lipinski definition) is 4. The lowest BCUT2D eigenvalue weighted by molar-refractivity contribution is 0.577. The molecular weight excluding hydrogens is 250 g/mol. The lowest BCUT2D eigenvalue weighted by Gasteiger charge is -2.05. The van der Waals surface area contributed by atoms with Crippen LogP contribution in [0.5, 0.6) is 0 Å². The van der Waals surface area contributed by atoms with Crippen molar-refractivity contribution in [3.8, 4) is 0 Å². The van der Waals surface area contributed by atoms with E-state index in [1.54, 1.807) is 4.68 Å². The first-order valence-electron chi connectivity index (χ1n) is 6.00. The standard InChI is InChI=1S/C12H16ClN5/c1-2-7-14-8-12-15-16-17-18(12)9-10-3-5-11(13)6-4-10/h3-6,14H,2,7-9H2,1H3. The number of rotatable bonds is 6. The SMILES string of the molecule is CCCNCc1nnnn1Cc1ccc(Cl)cc1. The zero-order valence-electron chi connectivity index (χ0n) is 10.3. The third kappa shape index (κ3) is 3.51. The highest BCUT2D eigenvalue weighted by Crippen LogP contribution is 2.10. The Kier molecular flexibility index (Phi) is 4.66. The van der Waals surface area contributed by atoms with Gasteiger partial charge in [-0.3, -0.25) is 0 Å². The Bertz CT molecular complexity index is 479. The van der Waals surface area contributed by atoms with E-state index >= 15 is 0 Å². The van der Waals surface area contributed by atoms with Crippen molar-refractivity contribution in [3.63, 3.8) is 0 Å². The molecule has 0 radical (unpaired) electrons. The molecule has 1 aromatic carbocycles. The van der Waals surface area contributed by atoms with Crippen molar-refractivity contribution in [2.75, 3.05) is 6.54 Å². The van der Waals surface area contributed by atoms with Gasteiger partial charge in [-0.2, -0.15) is 0 Å². The van der Waals surface area contributed by atoms with Gasteiger partial charge in [0.2, 0.25) is 0 Å². The molecule has 0 bridgehead atoms. The van der Waals surface area contributed by atoms with Crippen LogP contribution >= 0.6 is 11.6 Å². The van der Waals surface area contributed by atoms with Gasteiger partial charge in [-0.1, -0.05) is 30.7 Å². The van der Waals surface area contributed by atoms with Crippen molar-refractivity contribution in [1.82, 2.24) is 25.5 Å². The smallest absolute Gasteiger partial charge is 0.165 e. The number of nitrogens with zero attached hydrogens (tertiary/aromatic N) is 4. The summed E-state index contributed by atoms with van der Waals surface area (Å²) in [7, 11) is 0. The summed E-state index contributed by atoms with van der Waals surface area (Å²) in [4.78, 5) is 0. The van der Waals surface area contributed by atoms with Crippen molar-refractivity contribution in [1.29, 1.82) is 0 Å². The van der Waals surface area contributed by atoms with E-state index in [9.17, 15) is 0 Å². The fourth-order valence-electron chi connectivity index (χ4n) is 1.61.